The number of hydrogen-bond donors (Lipinski definition) is 0. The molecule has 0 bridgehead atoms. The Morgan fingerprint density at radius 3 is 2.65 bits per heavy atom. The van der Waals surface area contributed by atoms with Crippen LogP contribution in [0, 0.1) is 0 Å². The maximum atomic E-state index is 11.1. The van der Waals surface area contributed by atoms with E-state index in [9.17, 15) is 4.79 Å². The van der Waals surface area contributed by atoms with Crippen molar-refractivity contribution in [3.63, 3.8) is 0 Å². The van der Waals surface area contributed by atoms with Crippen molar-refractivity contribution in [3.05, 3.63) is 40.5 Å². The first-order valence-electron chi connectivity index (χ1n) is 7.91. The Morgan fingerprint density at radius 1 is 1.17 bits per heavy atom. The minimum atomic E-state index is 0.202. The highest BCUT2D eigenvalue weighted by Crippen LogP contribution is 2.32. The molecule has 120 valence electrons. The second kappa shape index (κ2) is 7.45. The van der Waals surface area contributed by atoms with E-state index in [1.54, 1.807) is 18.7 Å². The highest BCUT2D eigenvalue weighted by atomic mass is 35.5. The number of fused-ring (bicyclic) bond motifs is 1. The molecule has 3 rings (SSSR count). The highest BCUT2D eigenvalue weighted by Gasteiger charge is 2.19. The van der Waals surface area contributed by atoms with E-state index < -0.39 is 0 Å². The van der Waals surface area contributed by atoms with E-state index in [0.29, 0.717) is 6.42 Å². The van der Waals surface area contributed by atoms with Gasteiger partial charge in [-0.2, -0.15) is 0 Å². The summed E-state index contributed by atoms with van der Waals surface area (Å²) in [6.45, 7) is 1.62. The number of carbonyl (C=O) groups is 1. The standard InChI is InChI=1S/C18H19ClN2OS/c1-12(22)10-11-23-18-20-16-5-3-2-4-15(16)17(21-18)13-6-8-14(19)9-7-13/h6-9H,2-5,10-11H2,1H3. The third-order valence-corrected chi connectivity index (χ3v) is 5.07. The summed E-state index contributed by atoms with van der Waals surface area (Å²) in [7, 11) is 0. The minimum Gasteiger partial charge on any atom is -0.300 e. The third kappa shape index (κ3) is 4.12. The number of carbonyl (C=O) groups excluding carboxylic acids is 1. The molecule has 0 spiro atoms. The molecule has 0 N–H and O–H groups in total. The van der Waals surface area contributed by atoms with Crippen molar-refractivity contribution in [3.8, 4) is 11.3 Å². The quantitative estimate of drug-likeness (QED) is 0.579. The van der Waals surface area contributed by atoms with Crippen molar-refractivity contribution in [1.29, 1.82) is 0 Å². The average molecular weight is 347 g/mol. The van der Waals surface area contributed by atoms with Gasteiger partial charge >= 0.3 is 0 Å². The molecule has 0 aliphatic heterocycles. The number of halogens is 1. The summed E-state index contributed by atoms with van der Waals surface area (Å²) in [6, 6.07) is 7.83. The van der Waals surface area contributed by atoms with Crippen molar-refractivity contribution in [2.75, 3.05) is 5.75 Å². The summed E-state index contributed by atoms with van der Waals surface area (Å²) < 4.78 is 0. The summed E-state index contributed by atoms with van der Waals surface area (Å²) in [5.74, 6) is 0.933. The van der Waals surface area contributed by atoms with Crippen LogP contribution >= 0.6 is 23.4 Å². The predicted octanol–water partition coefficient (Wildman–Crippen LogP) is 4.75. The first kappa shape index (κ1) is 16.5. The van der Waals surface area contributed by atoms with Crippen LogP contribution in [0.2, 0.25) is 5.02 Å². The lowest BCUT2D eigenvalue weighted by atomic mass is 9.92. The molecule has 0 fully saturated rings. The van der Waals surface area contributed by atoms with Crippen LogP contribution in [0.5, 0.6) is 0 Å². The SMILES string of the molecule is CC(=O)CCSc1nc2c(c(-c3ccc(Cl)cc3)n1)CCCC2. The number of Topliss-reactive ketones (excluding diaryl/α,β-unsaturated/α-hetero) is 1. The van der Waals surface area contributed by atoms with Crippen molar-refractivity contribution in [2.24, 2.45) is 0 Å². The summed E-state index contributed by atoms with van der Waals surface area (Å²) in [5, 5.41) is 1.50. The zero-order valence-corrected chi connectivity index (χ0v) is 14.7. The highest BCUT2D eigenvalue weighted by molar-refractivity contribution is 7.99. The van der Waals surface area contributed by atoms with E-state index in [1.165, 1.54) is 24.1 Å². The summed E-state index contributed by atoms with van der Waals surface area (Å²) in [6.07, 6.45) is 4.97. The number of ketones is 1. The summed E-state index contributed by atoms with van der Waals surface area (Å²) in [4.78, 5) is 20.6. The number of benzene rings is 1. The Labute approximate surface area is 145 Å². The van der Waals surface area contributed by atoms with Gasteiger partial charge in [-0.05, 0) is 44.7 Å². The zero-order chi connectivity index (χ0) is 16.2. The molecule has 2 aromatic rings. The second-order valence-electron chi connectivity index (χ2n) is 5.79. The maximum Gasteiger partial charge on any atom is 0.188 e. The van der Waals surface area contributed by atoms with E-state index in [1.807, 2.05) is 24.3 Å². The monoisotopic (exact) mass is 346 g/mol. The normalized spacial score (nSPS) is 13.7. The Morgan fingerprint density at radius 2 is 1.91 bits per heavy atom. The number of rotatable bonds is 5. The topological polar surface area (TPSA) is 42.9 Å². The number of aromatic nitrogens is 2. The lowest BCUT2D eigenvalue weighted by molar-refractivity contribution is -0.116. The molecule has 0 amide bonds. The molecule has 5 heteroatoms. The van der Waals surface area contributed by atoms with Gasteiger partial charge in [-0.25, -0.2) is 9.97 Å². The molecule has 23 heavy (non-hydrogen) atoms. The van der Waals surface area contributed by atoms with Crippen LogP contribution in [0.15, 0.2) is 29.4 Å². The third-order valence-electron chi connectivity index (χ3n) is 3.97. The Balaban J connectivity index is 1.95. The molecule has 1 heterocycles. The molecule has 0 saturated heterocycles. The fourth-order valence-corrected chi connectivity index (χ4v) is 3.80. The second-order valence-corrected chi connectivity index (χ2v) is 7.29. The Bertz CT molecular complexity index is 716. The Kier molecular flexibility index (Phi) is 5.34. The fraction of sp³-hybridized carbons (Fsp3) is 0.389. The van der Waals surface area contributed by atoms with Gasteiger partial charge in [-0.3, -0.25) is 4.79 Å². The molecule has 1 aliphatic carbocycles. The first-order chi connectivity index (χ1) is 11.1. The molecule has 3 nitrogen and oxygen atoms in total. The molecule has 0 saturated carbocycles. The van der Waals surface area contributed by atoms with Crippen LogP contribution < -0.4 is 0 Å². The van der Waals surface area contributed by atoms with E-state index in [2.05, 4.69) is 0 Å². The maximum absolute atomic E-state index is 11.1. The lowest BCUT2D eigenvalue weighted by Gasteiger charge is -2.19. The molecular weight excluding hydrogens is 328 g/mol. The van der Waals surface area contributed by atoms with Gasteiger partial charge in [0.1, 0.15) is 5.78 Å². The van der Waals surface area contributed by atoms with Gasteiger partial charge in [0.15, 0.2) is 5.16 Å². The largest absolute Gasteiger partial charge is 0.300 e. The molecule has 0 radical (unpaired) electrons. The molecule has 0 unspecified atom stereocenters. The van der Waals surface area contributed by atoms with Crippen LogP contribution in [0.1, 0.15) is 37.4 Å². The van der Waals surface area contributed by atoms with E-state index in [-0.39, 0.29) is 5.78 Å². The summed E-state index contributed by atoms with van der Waals surface area (Å²) in [5.41, 5.74) is 4.55. The van der Waals surface area contributed by atoms with Crippen molar-refractivity contribution in [2.45, 2.75) is 44.2 Å². The molecule has 0 atom stereocenters. The Hall–Kier alpha value is -1.39. The van der Waals surface area contributed by atoms with Gasteiger partial charge in [0.2, 0.25) is 0 Å². The number of hydrogen-bond acceptors (Lipinski definition) is 4. The minimum absolute atomic E-state index is 0.202. The van der Waals surface area contributed by atoms with Gasteiger partial charge in [-0.15, -0.1) is 0 Å². The van der Waals surface area contributed by atoms with E-state index in [0.717, 1.165) is 40.0 Å². The van der Waals surface area contributed by atoms with Crippen molar-refractivity contribution < 1.29 is 4.79 Å². The van der Waals surface area contributed by atoms with Gasteiger partial charge in [0.05, 0.1) is 5.69 Å². The van der Waals surface area contributed by atoms with Crippen LogP contribution in [0.4, 0.5) is 0 Å². The van der Waals surface area contributed by atoms with Gasteiger partial charge in [-0.1, -0.05) is 35.5 Å². The molecule has 1 aliphatic rings. The van der Waals surface area contributed by atoms with Gasteiger partial charge < -0.3 is 0 Å². The zero-order valence-electron chi connectivity index (χ0n) is 13.1. The smallest absolute Gasteiger partial charge is 0.188 e. The number of nitrogens with zero attached hydrogens (tertiary/aromatic N) is 2. The van der Waals surface area contributed by atoms with E-state index >= 15 is 0 Å². The molecule has 1 aromatic heterocycles. The molecule has 1 aromatic carbocycles. The first-order valence-corrected chi connectivity index (χ1v) is 9.28. The number of aryl methyl sites for hydroxylation is 1. The average Bonchev–Trinajstić information content (AvgIpc) is 2.54. The van der Waals surface area contributed by atoms with E-state index in [4.69, 9.17) is 21.6 Å². The lowest BCUT2D eigenvalue weighted by Crippen LogP contribution is -2.10. The summed E-state index contributed by atoms with van der Waals surface area (Å²) >= 11 is 7.57. The molecular formula is C18H19ClN2OS. The van der Waals surface area contributed by atoms with Crippen molar-refractivity contribution >= 4 is 29.1 Å². The van der Waals surface area contributed by atoms with Crippen LogP contribution in [0.25, 0.3) is 11.3 Å². The van der Waals surface area contributed by atoms with Gasteiger partial charge in [0, 0.05) is 34.0 Å². The van der Waals surface area contributed by atoms with Crippen LogP contribution in [-0.2, 0) is 17.6 Å². The predicted molar refractivity (Wildman–Crippen MR) is 95.1 cm³/mol. The fourth-order valence-electron chi connectivity index (χ4n) is 2.77. The van der Waals surface area contributed by atoms with Gasteiger partial charge in [0.25, 0.3) is 0 Å². The number of thioether (sulfide) groups is 1. The van der Waals surface area contributed by atoms with Crippen molar-refractivity contribution in [1.82, 2.24) is 9.97 Å². The van der Waals surface area contributed by atoms with Crippen LogP contribution in [-0.4, -0.2) is 21.5 Å². The van der Waals surface area contributed by atoms with Crippen LogP contribution in [0.3, 0.4) is 0 Å².